The number of nitrogens with zero attached hydrogens (tertiary/aromatic N) is 2. The van der Waals surface area contributed by atoms with Gasteiger partial charge in [0.25, 0.3) is 0 Å². The number of carbonyl (C=O) groups is 1. The Morgan fingerprint density at radius 3 is 3.17 bits per heavy atom. The van der Waals surface area contributed by atoms with Crippen LogP contribution in [0.1, 0.15) is 6.92 Å². The van der Waals surface area contributed by atoms with Crippen LogP contribution in [0.5, 0.6) is 0 Å². The molecule has 0 atom stereocenters. The zero-order valence-corrected chi connectivity index (χ0v) is 6.95. The standard InChI is InChI=1S/C7H12N4O/c1-2-11-4-3-9-7(11)10-5-6(8)12/h3-4H,2,5H2,1H3,(H2,8,12)(H,9,10). The van der Waals surface area contributed by atoms with Crippen LogP contribution in [0.4, 0.5) is 5.95 Å². The first-order valence-electron chi connectivity index (χ1n) is 3.77. The van der Waals surface area contributed by atoms with Gasteiger partial charge in [0.05, 0.1) is 6.54 Å². The van der Waals surface area contributed by atoms with E-state index < -0.39 is 0 Å². The minimum absolute atomic E-state index is 0.122. The molecular formula is C7H12N4O. The third-order valence-electron chi connectivity index (χ3n) is 1.48. The molecule has 0 aromatic carbocycles. The number of amides is 1. The van der Waals surface area contributed by atoms with Gasteiger partial charge in [-0.25, -0.2) is 4.98 Å². The number of anilines is 1. The lowest BCUT2D eigenvalue weighted by Gasteiger charge is -2.04. The number of aryl methyl sites for hydroxylation is 1. The number of hydrogen-bond donors (Lipinski definition) is 2. The molecule has 1 rings (SSSR count). The fourth-order valence-electron chi connectivity index (χ4n) is 0.898. The summed E-state index contributed by atoms with van der Waals surface area (Å²) in [4.78, 5) is 14.4. The highest BCUT2D eigenvalue weighted by Crippen LogP contribution is 2.01. The molecule has 1 amide bonds. The van der Waals surface area contributed by atoms with Crippen molar-refractivity contribution in [3.8, 4) is 0 Å². The Balaban J connectivity index is 2.56. The van der Waals surface area contributed by atoms with Crippen LogP contribution in [0.3, 0.4) is 0 Å². The summed E-state index contributed by atoms with van der Waals surface area (Å²) in [5.74, 6) is 0.289. The van der Waals surface area contributed by atoms with Gasteiger partial charge in [0.2, 0.25) is 11.9 Å². The van der Waals surface area contributed by atoms with Crippen molar-refractivity contribution in [3.05, 3.63) is 12.4 Å². The summed E-state index contributed by atoms with van der Waals surface area (Å²) in [7, 11) is 0. The number of aromatic nitrogens is 2. The average molecular weight is 168 g/mol. The van der Waals surface area contributed by atoms with Crippen LogP contribution in [0.2, 0.25) is 0 Å². The van der Waals surface area contributed by atoms with Gasteiger partial charge in [-0.3, -0.25) is 4.79 Å². The molecule has 0 unspecified atom stereocenters. The topological polar surface area (TPSA) is 72.9 Å². The van der Waals surface area contributed by atoms with E-state index in [-0.39, 0.29) is 12.5 Å². The molecule has 1 aromatic rings. The number of primary amides is 1. The molecule has 0 saturated carbocycles. The minimum Gasteiger partial charge on any atom is -0.368 e. The lowest BCUT2D eigenvalue weighted by molar-refractivity contribution is -0.116. The van der Waals surface area contributed by atoms with Gasteiger partial charge in [-0.05, 0) is 6.92 Å². The third kappa shape index (κ3) is 1.98. The van der Waals surface area contributed by atoms with E-state index >= 15 is 0 Å². The molecule has 0 radical (unpaired) electrons. The molecule has 12 heavy (non-hydrogen) atoms. The number of rotatable bonds is 4. The largest absolute Gasteiger partial charge is 0.368 e. The van der Waals surface area contributed by atoms with E-state index in [2.05, 4.69) is 10.3 Å². The van der Waals surface area contributed by atoms with Gasteiger partial charge in [-0.2, -0.15) is 0 Å². The van der Waals surface area contributed by atoms with Crippen molar-refractivity contribution in [2.24, 2.45) is 5.73 Å². The zero-order chi connectivity index (χ0) is 8.97. The molecule has 3 N–H and O–H groups in total. The van der Waals surface area contributed by atoms with Crippen LogP contribution in [0.15, 0.2) is 12.4 Å². The van der Waals surface area contributed by atoms with Gasteiger partial charge in [0, 0.05) is 18.9 Å². The van der Waals surface area contributed by atoms with Gasteiger partial charge in [-0.15, -0.1) is 0 Å². The molecule has 5 nitrogen and oxygen atoms in total. The fourth-order valence-corrected chi connectivity index (χ4v) is 0.898. The second kappa shape index (κ2) is 3.75. The number of carbonyl (C=O) groups excluding carboxylic acids is 1. The first-order valence-corrected chi connectivity index (χ1v) is 3.77. The SMILES string of the molecule is CCn1ccnc1NCC(N)=O. The molecule has 0 aliphatic heterocycles. The van der Waals surface area contributed by atoms with Crippen LogP contribution in [-0.2, 0) is 11.3 Å². The predicted octanol–water partition coefficient (Wildman–Crippen LogP) is -0.200. The highest BCUT2D eigenvalue weighted by Gasteiger charge is 2.00. The normalized spacial score (nSPS) is 9.75. The molecule has 0 aliphatic rings. The summed E-state index contributed by atoms with van der Waals surface area (Å²) in [6, 6.07) is 0. The Morgan fingerprint density at radius 2 is 2.58 bits per heavy atom. The second-order valence-corrected chi connectivity index (χ2v) is 2.36. The summed E-state index contributed by atoms with van der Waals surface area (Å²) in [6.07, 6.45) is 3.51. The van der Waals surface area contributed by atoms with E-state index in [0.717, 1.165) is 6.54 Å². The Labute approximate surface area is 70.6 Å². The third-order valence-corrected chi connectivity index (χ3v) is 1.48. The molecule has 0 spiro atoms. The number of nitrogens with two attached hydrogens (primary N) is 1. The molecule has 5 heteroatoms. The number of imidazole rings is 1. The maximum atomic E-state index is 10.4. The van der Waals surface area contributed by atoms with Gasteiger partial charge >= 0.3 is 0 Å². The van der Waals surface area contributed by atoms with Gasteiger partial charge in [0.15, 0.2) is 0 Å². The van der Waals surface area contributed by atoms with Gasteiger partial charge in [0.1, 0.15) is 0 Å². The van der Waals surface area contributed by atoms with Crippen molar-refractivity contribution in [2.75, 3.05) is 11.9 Å². The van der Waals surface area contributed by atoms with Crippen LogP contribution in [0, 0.1) is 0 Å². The number of nitrogens with one attached hydrogen (secondary N) is 1. The summed E-state index contributed by atoms with van der Waals surface area (Å²) < 4.78 is 1.89. The number of hydrogen-bond acceptors (Lipinski definition) is 3. The summed E-state index contributed by atoms with van der Waals surface area (Å²) >= 11 is 0. The van der Waals surface area contributed by atoms with Crippen molar-refractivity contribution >= 4 is 11.9 Å². The summed E-state index contributed by atoms with van der Waals surface area (Å²) in [5, 5.41) is 2.82. The monoisotopic (exact) mass is 168 g/mol. The Kier molecular flexibility index (Phi) is 2.68. The first-order chi connectivity index (χ1) is 5.74. The van der Waals surface area contributed by atoms with Crippen molar-refractivity contribution in [1.29, 1.82) is 0 Å². The Bertz CT molecular complexity index is 268. The van der Waals surface area contributed by atoms with Gasteiger partial charge in [-0.1, -0.05) is 0 Å². The average Bonchev–Trinajstić information content (AvgIpc) is 2.47. The second-order valence-electron chi connectivity index (χ2n) is 2.36. The van der Waals surface area contributed by atoms with E-state index in [1.807, 2.05) is 17.7 Å². The first kappa shape index (κ1) is 8.58. The molecule has 1 heterocycles. The van der Waals surface area contributed by atoms with E-state index in [1.165, 1.54) is 0 Å². The molecule has 0 aliphatic carbocycles. The Morgan fingerprint density at radius 1 is 1.83 bits per heavy atom. The molecule has 0 saturated heterocycles. The smallest absolute Gasteiger partial charge is 0.236 e. The van der Waals surface area contributed by atoms with Crippen LogP contribution >= 0.6 is 0 Å². The van der Waals surface area contributed by atoms with Gasteiger partial charge < -0.3 is 15.6 Å². The lowest BCUT2D eigenvalue weighted by atomic mass is 10.6. The van der Waals surface area contributed by atoms with E-state index in [4.69, 9.17) is 5.73 Å². The molecule has 66 valence electrons. The summed E-state index contributed by atoms with van der Waals surface area (Å²) in [6.45, 7) is 2.94. The zero-order valence-electron chi connectivity index (χ0n) is 6.95. The van der Waals surface area contributed by atoms with Crippen LogP contribution in [0.25, 0.3) is 0 Å². The minimum atomic E-state index is -0.388. The Hall–Kier alpha value is -1.52. The van der Waals surface area contributed by atoms with Crippen LogP contribution < -0.4 is 11.1 Å². The molecule has 1 aromatic heterocycles. The highest BCUT2D eigenvalue weighted by molar-refractivity contribution is 5.78. The highest BCUT2D eigenvalue weighted by atomic mass is 16.1. The fraction of sp³-hybridized carbons (Fsp3) is 0.429. The molecular weight excluding hydrogens is 156 g/mol. The van der Waals surface area contributed by atoms with Crippen molar-refractivity contribution in [2.45, 2.75) is 13.5 Å². The van der Waals surface area contributed by atoms with Crippen molar-refractivity contribution in [1.82, 2.24) is 9.55 Å². The molecule has 0 bridgehead atoms. The predicted molar refractivity (Wildman–Crippen MR) is 45.6 cm³/mol. The van der Waals surface area contributed by atoms with Crippen molar-refractivity contribution in [3.63, 3.8) is 0 Å². The lowest BCUT2D eigenvalue weighted by Crippen LogP contribution is -2.23. The quantitative estimate of drug-likeness (QED) is 0.654. The van der Waals surface area contributed by atoms with Crippen molar-refractivity contribution < 1.29 is 4.79 Å². The van der Waals surface area contributed by atoms with E-state index in [9.17, 15) is 4.79 Å². The van der Waals surface area contributed by atoms with Crippen LogP contribution in [-0.4, -0.2) is 22.0 Å². The van der Waals surface area contributed by atoms with E-state index in [1.54, 1.807) is 6.20 Å². The molecule has 0 fully saturated rings. The summed E-state index contributed by atoms with van der Waals surface area (Å²) in [5.41, 5.74) is 4.96. The van der Waals surface area contributed by atoms with E-state index in [0.29, 0.717) is 5.95 Å². The maximum Gasteiger partial charge on any atom is 0.236 e. The maximum absolute atomic E-state index is 10.4.